The number of H-pyrrole nitrogens is 1. The summed E-state index contributed by atoms with van der Waals surface area (Å²) in [5.74, 6) is 0.242. The molecule has 29 heavy (non-hydrogen) atoms. The van der Waals surface area contributed by atoms with Gasteiger partial charge in [-0.15, -0.1) is 0 Å². The Labute approximate surface area is 174 Å². The number of anilines is 1. The minimum atomic E-state index is -0.442. The van der Waals surface area contributed by atoms with Crippen LogP contribution in [0, 0.1) is 5.82 Å². The Morgan fingerprint density at radius 3 is 2.86 bits per heavy atom. The fourth-order valence-corrected chi connectivity index (χ4v) is 4.11. The van der Waals surface area contributed by atoms with Gasteiger partial charge in [0, 0.05) is 35.4 Å². The van der Waals surface area contributed by atoms with Crippen LogP contribution in [-0.2, 0) is 0 Å². The topological polar surface area (TPSA) is 78.5 Å². The van der Waals surface area contributed by atoms with Crippen LogP contribution in [0.1, 0.15) is 45.4 Å². The zero-order valence-corrected chi connectivity index (χ0v) is 17.3. The van der Waals surface area contributed by atoms with Crippen molar-refractivity contribution >= 4 is 28.5 Å². The van der Waals surface area contributed by atoms with Gasteiger partial charge in [0.1, 0.15) is 5.65 Å². The number of nitrogens with one attached hydrogen (secondary N) is 3. The minimum absolute atomic E-state index is 0.150. The molecule has 3 heterocycles. The molecule has 1 saturated carbocycles. The van der Waals surface area contributed by atoms with E-state index in [1.807, 2.05) is 6.07 Å². The molecule has 0 aromatic carbocycles. The summed E-state index contributed by atoms with van der Waals surface area (Å²) in [5.41, 5.74) is 1.44. The highest BCUT2D eigenvalue weighted by Gasteiger charge is 2.26. The van der Waals surface area contributed by atoms with E-state index in [1.54, 1.807) is 12.4 Å². The zero-order chi connectivity index (χ0) is 20.2. The maximum atomic E-state index is 14.5. The Balaban J connectivity index is 1.58. The van der Waals surface area contributed by atoms with Crippen LogP contribution in [-0.4, -0.2) is 38.6 Å². The van der Waals surface area contributed by atoms with Gasteiger partial charge in [-0.2, -0.15) is 0 Å². The highest BCUT2D eigenvalue weighted by Crippen LogP contribution is 2.29. The van der Waals surface area contributed by atoms with Crippen molar-refractivity contribution in [3.8, 4) is 11.4 Å². The van der Waals surface area contributed by atoms with E-state index < -0.39 is 5.82 Å². The Morgan fingerprint density at radius 1 is 1.21 bits per heavy atom. The first kappa shape index (κ1) is 20.0. The lowest BCUT2D eigenvalue weighted by molar-refractivity contribution is 0.341. The highest BCUT2D eigenvalue weighted by molar-refractivity contribution is 6.31. The number of rotatable bonds is 7. The number of aromatic amines is 1. The molecule has 8 heteroatoms. The lowest BCUT2D eigenvalue weighted by atomic mass is 9.90. The summed E-state index contributed by atoms with van der Waals surface area (Å²) in [7, 11) is 0. The van der Waals surface area contributed by atoms with E-state index in [9.17, 15) is 4.39 Å². The van der Waals surface area contributed by atoms with Crippen molar-refractivity contribution in [1.82, 2.24) is 25.3 Å². The SMILES string of the molecule is CCCCN[C@@H]1CCCC[C@@H]1Nc1nc(-c2c[nH]c3ncc(Cl)cc23)ncc1F. The van der Waals surface area contributed by atoms with Gasteiger partial charge in [-0.05, 0) is 31.9 Å². The monoisotopic (exact) mass is 416 g/mol. The maximum absolute atomic E-state index is 14.5. The summed E-state index contributed by atoms with van der Waals surface area (Å²) in [6, 6.07) is 2.28. The van der Waals surface area contributed by atoms with Gasteiger partial charge in [-0.25, -0.2) is 19.3 Å². The molecule has 3 N–H and O–H groups in total. The quantitative estimate of drug-likeness (QED) is 0.476. The minimum Gasteiger partial charge on any atom is -0.363 e. The van der Waals surface area contributed by atoms with Gasteiger partial charge in [0.2, 0.25) is 0 Å². The molecule has 2 atom stereocenters. The molecule has 6 nitrogen and oxygen atoms in total. The molecule has 4 rings (SSSR count). The number of unbranched alkanes of at least 4 members (excludes halogenated alkanes) is 1. The first-order valence-electron chi connectivity index (χ1n) is 10.3. The molecule has 3 aromatic heterocycles. The van der Waals surface area contributed by atoms with Gasteiger partial charge >= 0.3 is 0 Å². The number of hydrogen-bond acceptors (Lipinski definition) is 5. The largest absolute Gasteiger partial charge is 0.363 e. The van der Waals surface area contributed by atoms with Crippen LogP contribution >= 0.6 is 11.6 Å². The number of fused-ring (bicyclic) bond motifs is 1. The molecular formula is C21H26ClFN6. The number of hydrogen-bond donors (Lipinski definition) is 3. The van der Waals surface area contributed by atoms with Gasteiger partial charge in [-0.3, -0.25) is 0 Å². The van der Waals surface area contributed by atoms with Crippen molar-refractivity contribution in [2.45, 2.75) is 57.5 Å². The molecule has 0 spiro atoms. The molecule has 3 aromatic rings. The van der Waals surface area contributed by atoms with E-state index in [4.69, 9.17) is 11.6 Å². The van der Waals surface area contributed by atoms with Crippen LogP contribution in [0.5, 0.6) is 0 Å². The van der Waals surface area contributed by atoms with E-state index in [1.165, 1.54) is 12.6 Å². The fraction of sp³-hybridized carbons (Fsp3) is 0.476. The van der Waals surface area contributed by atoms with Crippen molar-refractivity contribution in [2.24, 2.45) is 0 Å². The van der Waals surface area contributed by atoms with Crippen molar-refractivity contribution < 1.29 is 4.39 Å². The average molecular weight is 417 g/mol. The molecule has 0 radical (unpaired) electrons. The molecule has 1 fully saturated rings. The Morgan fingerprint density at radius 2 is 2.03 bits per heavy atom. The third kappa shape index (κ3) is 4.51. The Bertz CT molecular complexity index is 975. The highest BCUT2D eigenvalue weighted by atomic mass is 35.5. The van der Waals surface area contributed by atoms with E-state index in [0.29, 0.717) is 22.5 Å². The van der Waals surface area contributed by atoms with Crippen molar-refractivity contribution in [3.05, 3.63) is 35.5 Å². The van der Waals surface area contributed by atoms with Gasteiger partial charge < -0.3 is 15.6 Å². The van der Waals surface area contributed by atoms with Crippen LogP contribution in [0.2, 0.25) is 5.02 Å². The van der Waals surface area contributed by atoms with Gasteiger partial charge in [0.25, 0.3) is 0 Å². The summed E-state index contributed by atoms with van der Waals surface area (Å²) in [6.07, 6.45) is 11.3. The van der Waals surface area contributed by atoms with Gasteiger partial charge in [-0.1, -0.05) is 37.8 Å². The Hall–Kier alpha value is -2.25. The van der Waals surface area contributed by atoms with E-state index >= 15 is 0 Å². The third-order valence-electron chi connectivity index (χ3n) is 5.51. The van der Waals surface area contributed by atoms with E-state index in [2.05, 4.69) is 37.5 Å². The summed E-state index contributed by atoms with van der Waals surface area (Å²) in [4.78, 5) is 16.1. The number of nitrogens with zero attached hydrogens (tertiary/aromatic N) is 3. The number of aromatic nitrogens is 4. The van der Waals surface area contributed by atoms with Crippen LogP contribution in [0.25, 0.3) is 22.4 Å². The van der Waals surface area contributed by atoms with Gasteiger partial charge in [0.05, 0.1) is 11.2 Å². The first-order chi connectivity index (χ1) is 14.2. The van der Waals surface area contributed by atoms with E-state index in [0.717, 1.165) is 49.6 Å². The molecule has 154 valence electrons. The van der Waals surface area contributed by atoms with Crippen molar-refractivity contribution in [1.29, 1.82) is 0 Å². The maximum Gasteiger partial charge on any atom is 0.183 e. The molecule has 0 bridgehead atoms. The molecule has 0 saturated heterocycles. The number of halogens is 2. The van der Waals surface area contributed by atoms with Crippen LogP contribution < -0.4 is 10.6 Å². The molecular weight excluding hydrogens is 391 g/mol. The molecule has 0 aliphatic heterocycles. The predicted molar refractivity (Wildman–Crippen MR) is 115 cm³/mol. The smallest absolute Gasteiger partial charge is 0.183 e. The van der Waals surface area contributed by atoms with Crippen molar-refractivity contribution in [2.75, 3.05) is 11.9 Å². The summed E-state index contributed by atoms with van der Waals surface area (Å²) in [5, 5.41) is 8.32. The van der Waals surface area contributed by atoms with Crippen LogP contribution in [0.4, 0.5) is 10.2 Å². The molecule has 0 amide bonds. The summed E-state index contributed by atoms with van der Waals surface area (Å²) < 4.78 is 14.5. The van der Waals surface area contributed by atoms with E-state index in [-0.39, 0.29) is 11.9 Å². The zero-order valence-electron chi connectivity index (χ0n) is 16.5. The number of pyridine rings is 1. The summed E-state index contributed by atoms with van der Waals surface area (Å²) in [6.45, 7) is 3.17. The molecule has 1 aliphatic rings. The standard InChI is InChI=1S/C21H26ClFN6/c1-2-3-8-24-17-6-4-5-7-18(17)28-21-16(23)12-27-20(29-21)15-11-26-19-14(15)9-13(22)10-25-19/h9-12,17-18,24H,2-8H2,1H3,(H,25,26)(H,27,28,29)/t17-,18+/m1/s1. The lowest BCUT2D eigenvalue weighted by Crippen LogP contribution is -2.46. The third-order valence-corrected chi connectivity index (χ3v) is 5.71. The second kappa shape index (κ2) is 9.05. The predicted octanol–water partition coefficient (Wildman–Crippen LogP) is 4.93. The second-order valence-electron chi connectivity index (χ2n) is 7.59. The van der Waals surface area contributed by atoms with Crippen LogP contribution in [0.3, 0.4) is 0 Å². The lowest BCUT2D eigenvalue weighted by Gasteiger charge is -2.33. The molecule has 1 aliphatic carbocycles. The van der Waals surface area contributed by atoms with Crippen LogP contribution in [0.15, 0.2) is 24.7 Å². The van der Waals surface area contributed by atoms with Gasteiger partial charge in [0.15, 0.2) is 17.5 Å². The fourth-order valence-electron chi connectivity index (χ4n) is 3.95. The Kier molecular flexibility index (Phi) is 6.25. The first-order valence-corrected chi connectivity index (χ1v) is 10.7. The van der Waals surface area contributed by atoms with Crippen molar-refractivity contribution in [3.63, 3.8) is 0 Å². The second-order valence-corrected chi connectivity index (χ2v) is 8.03. The average Bonchev–Trinajstić information content (AvgIpc) is 3.14. The summed E-state index contributed by atoms with van der Waals surface area (Å²) >= 11 is 6.09. The normalized spacial score (nSPS) is 19.6. The molecule has 0 unspecified atom stereocenters.